The number of benzene rings is 3. The lowest BCUT2D eigenvalue weighted by Crippen LogP contribution is -2.52. The lowest BCUT2D eigenvalue weighted by Gasteiger charge is -2.33. The highest BCUT2D eigenvalue weighted by atomic mass is 35.5. The van der Waals surface area contributed by atoms with E-state index in [1.807, 2.05) is 20.8 Å². The van der Waals surface area contributed by atoms with E-state index >= 15 is 0 Å². The SMILES string of the molecule is CCCNC(=O)[C@H](CC)N(Cc1ccccc1Cl)C(=O)CN(c1ccc(C)cc1)S(=O)(=O)c1ccccc1. The van der Waals surface area contributed by atoms with E-state index in [2.05, 4.69) is 5.32 Å². The Morgan fingerprint density at radius 1 is 0.921 bits per heavy atom. The van der Waals surface area contributed by atoms with Crippen LogP contribution in [0.5, 0.6) is 0 Å². The maximum Gasteiger partial charge on any atom is 0.264 e. The van der Waals surface area contributed by atoms with E-state index in [1.165, 1.54) is 17.0 Å². The van der Waals surface area contributed by atoms with Gasteiger partial charge in [0.05, 0.1) is 10.6 Å². The van der Waals surface area contributed by atoms with Crippen molar-refractivity contribution in [1.82, 2.24) is 10.2 Å². The van der Waals surface area contributed by atoms with Gasteiger partial charge in [0.1, 0.15) is 12.6 Å². The van der Waals surface area contributed by atoms with E-state index in [1.54, 1.807) is 66.7 Å². The first-order valence-electron chi connectivity index (χ1n) is 12.6. The number of amides is 2. The number of carbonyl (C=O) groups is 2. The normalized spacial score (nSPS) is 12.0. The number of anilines is 1. The minimum atomic E-state index is -4.08. The quantitative estimate of drug-likeness (QED) is 0.334. The smallest absolute Gasteiger partial charge is 0.264 e. The van der Waals surface area contributed by atoms with Crippen molar-refractivity contribution >= 4 is 39.1 Å². The molecule has 38 heavy (non-hydrogen) atoms. The molecule has 3 aromatic carbocycles. The van der Waals surface area contributed by atoms with E-state index in [0.717, 1.165) is 16.3 Å². The molecule has 0 unspecified atom stereocenters. The molecule has 3 aromatic rings. The number of rotatable bonds is 12. The summed E-state index contributed by atoms with van der Waals surface area (Å²) in [6, 6.07) is 21.2. The van der Waals surface area contributed by atoms with Gasteiger partial charge >= 0.3 is 0 Å². The molecule has 0 spiro atoms. The zero-order chi connectivity index (χ0) is 27.7. The Hall–Kier alpha value is -3.36. The van der Waals surface area contributed by atoms with Crippen LogP contribution in [-0.2, 0) is 26.2 Å². The maximum absolute atomic E-state index is 14.0. The second-order valence-electron chi connectivity index (χ2n) is 8.99. The first-order chi connectivity index (χ1) is 18.2. The van der Waals surface area contributed by atoms with Crippen LogP contribution in [0.15, 0.2) is 83.8 Å². The van der Waals surface area contributed by atoms with Crippen LogP contribution in [0.25, 0.3) is 0 Å². The fourth-order valence-corrected chi connectivity index (χ4v) is 5.69. The van der Waals surface area contributed by atoms with Crippen LogP contribution in [0.3, 0.4) is 0 Å². The van der Waals surface area contributed by atoms with Gasteiger partial charge in [-0.15, -0.1) is 0 Å². The average molecular weight is 556 g/mol. The number of sulfonamides is 1. The van der Waals surface area contributed by atoms with Gasteiger partial charge in [0.15, 0.2) is 0 Å². The van der Waals surface area contributed by atoms with Gasteiger partial charge < -0.3 is 10.2 Å². The Kier molecular flexibility index (Phi) is 10.3. The van der Waals surface area contributed by atoms with Crippen LogP contribution < -0.4 is 9.62 Å². The van der Waals surface area contributed by atoms with Crippen LogP contribution >= 0.6 is 11.6 Å². The van der Waals surface area contributed by atoms with Crippen molar-refractivity contribution in [2.75, 3.05) is 17.4 Å². The fourth-order valence-electron chi connectivity index (χ4n) is 4.06. The zero-order valence-electron chi connectivity index (χ0n) is 21.9. The molecule has 3 rings (SSSR count). The largest absolute Gasteiger partial charge is 0.354 e. The molecule has 0 heterocycles. The summed E-state index contributed by atoms with van der Waals surface area (Å²) in [4.78, 5) is 28.6. The van der Waals surface area contributed by atoms with Gasteiger partial charge in [0, 0.05) is 18.1 Å². The molecule has 0 bridgehead atoms. The van der Waals surface area contributed by atoms with Crippen molar-refractivity contribution in [3.8, 4) is 0 Å². The molecule has 1 atom stereocenters. The van der Waals surface area contributed by atoms with Gasteiger partial charge in [-0.05, 0) is 55.7 Å². The van der Waals surface area contributed by atoms with Crippen LogP contribution in [0.4, 0.5) is 5.69 Å². The molecule has 7 nitrogen and oxygen atoms in total. The molecule has 0 aliphatic rings. The van der Waals surface area contributed by atoms with Crippen molar-refractivity contribution in [3.05, 3.63) is 95.0 Å². The first-order valence-corrected chi connectivity index (χ1v) is 14.5. The summed E-state index contributed by atoms with van der Waals surface area (Å²) in [7, 11) is -4.08. The Morgan fingerprint density at radius 3 is 2.16 bits per heavy atom. The lowest BCUT2D eigenvalue weighted by atomic mass is 10.1. The third-order valence-electron chi connectivity index (χ3n) is 6.17. The molecule has 202 valence electrons. The molecule has 0 saturated carbocycles. The average Bonchev–Trinajstić information content (AvgIpc) is 2.92. The summed E-state index contributed by atoms with van der Waals surface area (Å²) in [6.07, 6.45) is 1.10. The molecule has 0 fully saturated rings. The van der Waals surface area contributed by atoms with Crippen molar-refractivity contribution in [2.24, 2.45) is 0 Å². The Bertz CT molecular complexity index is 1330. The van der Waals surface area contributed by atoms with E-state index in [0.29, 0.717) is 29.2 Å². The third-order valence-corrected chi connectivity index (χ3v) is 8.32. The predicted octanol–water partition coefficient (Wildman–Crippen LogP) is 5.18. The van der Waals surface area contributed by atoms with E-state index in [9.17, 15) is 18.0 Å². The highest BCUT2D eigenvalue weighted by Crippen LogP contribution is 2.26. The summed E-state index contributed by atoms with van der Waals surface area (Å²) in [5.74, 6) is -0.800. The Labute approximate surface area is 230 Å². The van der Waals surface area contributed by atoms with Crippen molar-refractivity contribution in [2.45, 2.75) is 51.1 Å². The fraction of sp³-hybridized carbons (Fsp3) is 0.310. The van der Waals surface area contributed by atoms with Crippen LogP contribution in [0.1, 0.15) is 37.8 Å². The molecule has 0 aliphatic carbocycles. The van der Waals surface area contributed by atoms with Crippen LogP contribution in [0.2, 0.25) is 5.02 Å². The highest BCUT2D eigenvalue weighted by Gasteiger charge is 2.33. The van der Waals surface area contributed by atoms with Crippen LogP contribution in [-0.4, -0.2) is 44.3 Å². The molecular weight excluding hydrogens is 522 g/mol. The second kappa shape index (κ2) is 13.4. The molecule has 0 saturated heterocycles. The summed E-state index contributed by atoms with van der Waals surface area (Å²) in [5, 5.41) is 3.33. The zero-order valence-corrected chi connectivity index (χ0v) is 23.5. The highest BCUT2D eigenvalue weighted by molar-refractivity contribution is 7.92. The summed E-state index contributed by atoms with van der Waals surface area (Å²) in [6.45, 7) is 5.72. The van der Waals surface area contributed by atoms with Gasteiger partial charge in [-0.1, -0.05) is 79.5 Å². The number of halogens is 1. The van der Waals surface area contributed by atoms with Gasteiger partial charge in [-0.25, -0.2) is 8.42 Å². The standard InChI is InChI=1S/C29H34ClN3O4S/c1-4-19-31-29(35)27(5-2)32(20-23-11-9-10-14-26(23)30)28(34)21-33(24-17-15-22(3)16-18-24)38(36,37)25-12-7-6-8-13-25/h6-18,27H,4-5,19-21H2,1-3H3,(H,31,35)/t27-/m0/s1. The molecule has 0 radical (unpaired) electrons. The topological polar surface area (TPSA) is 86.8 Å². The van der Waals surface area contributed by atoms with Crippen molar-refractivity contribution < 1.29 is 18.0 Å². The first kappa shape index (κ1) is 29.2. The molecule has 9 heteroatoms. The Balaban J connectivity index is 2.04. The van der Waals surface area contributed by atoms with Gasteiger partial charge in [-0.2, -0.15) is 0 Å². The maximum atomic E-state index is 14.0. The third kappa shape index (κ3) is 7.14. The number of hydrogen-bond donors (Lipinski definition) is 1. The monoisotopic (exact) mass is 555 g/mol. The summed E-state index contributed by atoms with van der Waals surface area (Å²) >= 11 is 6.41. The minimum Gasteiger partial charge on any atom is -0.354 e. The lowest BCUT2D eigenvalue weighted by molar-refractivity contribution is -0.140. The number of nitrogens with one attached hydrogen (secondary N) is 1. The van der Waals surface area contributed by atoms with Gasteiger partial charge in [0.25, 0.3) is 10.0 Å². The van der Waals surface area contributed by atoms with E-state index < -0.39 is 28.5 Å². The molecule has 0 aromatic heterocycles. The van der Waals surface area contributed by atoms with Crippen molar-refractivity contribution in [3.63, 3.8) is 0 Å². The minimum absolute atomic E-state index is 0.0592. The molecule has 1 N–H and O–H groups in total. The van der Waals surface area contributed by atoms with Crippen LogP contribution in [0, 0.1) is 6.92 Å². The number of nitrogens with zero attached hydrogens (tertiary/aromatic N) is 2. The second-order valence-corrected chi connectivity index (χ2v) is 11.3. The predicted molar refractivity (Wildman–Crippen MR) is 152 cm³/mol. The van der Waals surface area contributed by atoms with E-state index in [4.69, 9.17) is 11.6 Å². The van der Waals surface area contributed by atoms with Gasteiger partial charge in [0.2, 0.25) is 11.8 Å². The molecule has 0 aliphatic heterocycles. The Morgan fingerprint density at radius 2 is 1.55 bits per heavy atom. The summed E-state index contributed by atoms with van der Waals surface area (Å²) < 4.78 is 28.6. The van der Waals surface area contributed by atoms with Gasteiger partial charge in [-0.3, -0.25) is 13.9 Å². The van der Waals surface area contributed by atoms with E-state index in [-0.39, 0.29) is 17.3 Å². The number of aryl methyl sites for hydroxylation is 1. The number of carbonyl (C=O) groups excluding carboxylic acids is 2. The molecular formula is C29H34ClN3O4S. The molecule has 2 amide bonds. The van der Waals surface area contributed by atoms with Crippen molar-refractivity contribution in [1.29, 1.82) is 0 Å². The number of hydrogen-bond acceptors (Lipinski definition) is 4. The summed E-state index contributed by atoms with van der Waals surface area (Å²) in [5.41, 5.74) is 1.97.